The van der Waals surface area contributed by atoms with E-state index in [1.54, 1.807) is 12.1 Å². The molecule has 172 valence electrons. The van der Waals surface area contributed by atoms with Crippen LogP contribution in [0.15, 0.2) is 39.3 Å². The summed E-state index contributed by atoms with van der Waals surface area (Å²) in [6, 6.07) is 7.86. The lowest BCUT2D eigenvalue weighted by atomic mass is 10.0. The molecule has 0 bridgehead atoms. The van der Waals surface area contributed by atoms with Crippen LogP contribution in [-0.2, 0) is 12.6 Å². The number of halogens is 4. The molecule has 0 aliphatic heterocycles. The number of carboxylic acids is 1. The van der Waals surface area contributed by atoms with Crippen LogP contribution in [0.25, 0.3) is 11.0 Å². The first-order valence-electron chi connectivity index (χ1n) is 9.98. The summed E-state index contributed by atoms with van der Waals surface area (Å²) in [6.07, 6.45) is -2.73. The first kappa shape index (κ1) is 23.9. The van der Waals surface area contributed by atoms with Crippen molar-refractivity contribution >= 4 is 38.6 Å². The van der Waals surface area contributed by atoms with Crippen molar-refractivity contribution in [1.82, 2.24) is 5.16 Å². The average Bonchev–Trinajstić information content (AvgIpc) is 3.17. The Bertz CT molecular complexity index is 1110. The standard InChI is InChI=1S/C22H22BrF3N2O4/c1-3-5-15-18(9-8-16-19(15)32-27-20(16)22(24,25)26)31-11-4-10-28(2)13-6-7-14(21(29)30)17(23)12-13/h6-9,12H,3-5,10-11H2,1-2H3,(H,29,30). The van der Waals surface area contributed by atoms with E-state index in [1.165, 1.54) is 18.2 Å². The van der Waals surface area contributed by atoms with Crippen LogP contribution in [0.1, 0.15) is 41.4 Å². The predicted molar refractivity (Wildman–Crippen MR) is 117 cm³/mol. The molecular weight excluding hydrogens is 493 g/mol. The highest BCUT2D eigenvalue weighted by molar-refractivity contribution is 9.10. The summed E-state index contributed by atoms with van der Waals surface area (Å²) in [5.41, 5.74) is 0.687. The van der Waals surface area contributed by atoms with Gasteiger partial charge in [0.15, 0.2) is 11.3 Å². The smallest absolute Gasteiger partial charge is 0.437 e. The number of nitrogens with zero attached hydrogens (tertiary/aromatic N) is 2. The Hall–Kier alpha value is -2.75. The fourth-order valence-corrected chi connectivity index (χ4v) is 3.93. The lowest BCUT2D eigenvalue weighted by Crippen LogP contribution is -2.20. The Morgan fingerprint density at radius 3 is 2.66 bits per heavy atom. The van der Waals surface area contributed by atoms with Gasteiger partial charge in [0.2, 0.25) is 0 Å². The van der Waals surface area contributed by atoms with Gasteiger partial charge in [-0.25, -0.2) is 4.79 Å². The van der Waals surface area contributed by atoms with Crippen molar-refractivity contribution in [3.05, 3.63) is 51.6 Å². The van der Waals surface area contributed by atoms with E-state index in [-0.39, 0.29) is 16.5 Å². The van der Waals surface area contributed by atoms with Crippen LogP contribution in [0, 0.1) is 0 Å². The first-order valence-corrected chi connectivity index (χ1v) is 10.8. The lowest BCUT2D eigenvalue weighted by Gasteiger charge is -2.20. The van der Waals surface area contributed by atoms with Crippen LogP contribution >= 0.6 is 15.9 Å². The quantitative estimate of drug-likeness (QED) is 0.344. The maximum atomic E-state index is 13.1. The van der Waals surface area contributed by atoms with Gasteiger partial charge in [-0.15, -0.1) is 0 Å². The number of alkyl halides is 3. The Kier molecular flexibility index (Phi) is 7.33. The maximum absolute atomic E-state index is 13.1. The molecule has 1 heterocycles. The second-order valence-electron chi connectivity index (χ2n) is 7.29. The summed E-state index contributed by atoms with van der Waals surface area (Å²) in [6.45, 7) is 2.90. The number of rotatable bonds is 9. The van der Waals surface area contributed by atoms with Gasteiger partial charge in [-0.05, 0) is 59.1 Å². The van der Waals surface area contributed by atoms with Gasteiger partial charge in [0, 0.05) is 29.3 Å². The van der Waals surface area contributed by atoms with Crippen molar-refractivity contribution in [3.8, 4) is 5.75 Å². The average molecular weight is 515 g/mol. The molecule has 0 unspecified atom stereocenters. The van der Waals surface area contributed by atoms with E-state index in [9.17, 15) is 18.0 Å². The van der Waals surface area contributed by atoms with Crippen molar-refractivity contribution in [1.29, 1.82) is 0 Å². The summed E-state index contributed by atoms with van der Waals surface area (Å²) < 4.78 is 50.8. The van der Waals surface area contributed by atoms with E-state index in [4.69, 9.17) is 14.4 Å². The second kappa shape index (κ2) is 9.81. The molecule has 10 heteroatoms. The van der Waals surface area contributed by atoms with Crippen molar-refractivity contribution in [3.63, 3.8) is 0 Å². The number of benzene rings is 2. The summed E-state index contributed by atoms with van der Waals surface area (Å²) in [7, 11) is 1.88. The number of hydrogen-bond acceptors (Lipinski definition) is 5. The number of carbonyl (C=O) groups is 1. The van der Waals surface area contributed by atoms with Gasteiger partial charge in [0.05, 0.1) is 17.6 Å². The number of aromatic nitrogens is 1. The maximum Gasteiger partial charge on any atom is 0.437 e. The molecule has 1 aromatic heterocycles. The molecule has 0 saturated carbocycles. The highest BCUT2D eigenvalue weighted by Gasteiger charge is 2.37. The number of anilines is 1. The van der Waals surface area contributed by atoms with Crippen molar-refractivity contribution < 1.29 is 32.3 Å². The fraction of sp³-hybridized carbons (Fsp3) is 0.364. The Labute approximate surface area is 191 Å². The topological polar surface area (TPSA) is 75.8 Å². The van der Waals surface area contributed by atoms with Crippen LogP contribution in [0.2, 0.25) is 0 Å². The largest absolute Gasteiger partial charge is 0.493 e. The van der Waals surface area contributed by atoms with Crippen molar-refractivity contribution in [2.75, 3.05) is 25.1 Å². The zero-order valence-corrected chi connectivity index (χ0v) is 19.1. The molecule has 0 aliphatic rings. The van der Waals surface area contributed by atoms with Gasteiger partial charge in [-0.2, -0.15) is 13.2 Å². The minimum atomic E-state index is -4.58. The minimum Gasteiger partial charge on any atom is -0.493 e. The van der Waals surface area contributed by atoms with Gasteiger partial charge in [0.1, 0.15) is 5.75 Å². The SMILES string of the molecule is CCCc1c(OCCCN(C)c2ccc(C(=O)O)c(Br)c2)ccc2c(C(F)(F)F)noc12. The normalized spacial score (nSPS) is 11.7. The molecule has 6 nitrogen and oxygen atoms in total. The highest BCUT2D eigenvalue weighted by atomic mass is 79.9. The Morgan fingerprint density at radius 2 is 2.03 bits per heavy atom. The third-order valence-corrected chi connectivity index (χ3v) is 5.64. The van der Waals surface area contributed by atoms with Gasteiger partial charge < -0.3 is 19.3 Å². The summed E-state index contributed by atoms with van der Waals surface area (Å²) in [5, 5.41) is 12.3. The number of fused-ring (bicyclic) bond motifs is 1. The number of aryl methyl sites for hydroxylation is 1. The molecule has 1 N–H and O–H groups in total. The summed E-state index contributed by atoms with van der Waals surface area (Å²) >= 11 is 3.27. The number of ether oxygens (including phenoxy) is 1. The molecule has 3 aromatic rings. The van der Waals surface area contributed by atoms with Crippen LogP contribution in [0.5, 0.6) is 5.75 Å². The molecule has 0 atom stereocenters. The predicted octanol–water partition coefficient (Wildman–Crippen LogP) is 6.17. The van der Waals surface area contributed by atoms with Crippen molar-refractivity contribution in [2.45, 2.75) is 32.4 Å². The monoisotopic (exact) mass is 514 g/mol. The van der Waals surface area contributed by atoms with E-state index in [1.807, 2.05) is 18.9 Å². The molecule has 0 saturated heterocycles. The summed E-state index contributed by atoms with van der Waals surface area (Å²) in [5.74, 6) is -0.520. The fourth-order valence-electron chi connectivity index (χ4n) is 3.40. The highest BCUT2D eigenvalue weighted by Crippen LogP contribution is 2.38. The molecule has 0 radical (unpaired) electrons. The minimum absolute atomic E-state index is 0.0663. The lowest BCUT2D eigenvalue weighted by molar-refractivity contribution is -0.141. The molecular formula is C22H22BrF3N2O4. The van der Waals surface area contributed by atoms with Crippen molar-refractivity contribution in [2.24, 2.45) is 0 Å². The van der Waals surface area contributed by atoms with Crippen LogP contribution in [0.4, 0.5) is 18.9 Å². The molecule has 32 heavy (non-hydrogen) atoms. The zero-order chi connectivity index (χ0) is 23.5. The number of carboxylic acid groups (broad SMARTS) is 1. The molecule has 3 rings (SSSR count). The van der Waals surface area contributed by atoms with E-state index >= 15 is 0 Å². The van der Waals surface area contributed by atoms with Gasteiger partial charge >= 0.3 is 12.1 Å². The van der Waals surface area contributed by atoms with E-state index in [2.05, 4.69) is 21.1 Å². The molecule has 0 amide bonds. The van der Waals surface area contributed by atoms with Gasteiger partial charge in [0.25, 0.3) is 0 Å². The van der Waals surface area contributed by atoms with E-state index in [0.29, 0.717) is 48.2 Å². The third-order valence-electron chi connectivity index (χ3n) is 4.99. The third kappa shape index (κ3) is 5.17. The Morgan fingerprint density at radius 1 is 1.28 bits per heavy atom. The van der Waals surface area contributed by atoms with Crippen LogP contribution in [-0.4, -0.2) is 36.4 Å². The molecule has 0 spiro atoms. The van der Waals surface area contributed by atoms with E-state index < -0.39 is 17.8 Å². The van der Waals surface area contributed by atoms with E-state index in [0.717, 1.165) is 5.69 Å². The zero-order valence-electron chi connectivity index (χ0n) is 17.5. The number of hydrogen-bond donors (Lipinski definition) is 1. The Balaban J connectivity index is 1.66. The first-order chi connectivity index (χ1) is 15.1. The number of aromatic carboxylic acids is 1. The second-order valence-corrected chi connectivity index (χ2v) is 8.15. The molecule has 0 fully saturated rings. The van der Waals surface area contributed by atoms with Gasteiger partial charge in [-0.3, -0.25) is 0 Å². The molecule has 0 aliphatic carbocycles. The van der Waals surface area contributed by atoms with Gasteiger partial charge in [-0.1, -0.05) is 18.5 Å². The summed E-state index contributed by atoms with van der Waals surface area (Å²) in [4.78, 5) is 13.1. The van der Waals surface area contributed by atoms with Crippen LogP contribution in [0.3, 0.4) is 0 Å². The molecule has 2 aromatic carbocycles. The van der Waals surface area contributed by atoms with Crippen LogP contribution < -0.4 is 9.64 Å².